The second-order valence-corrected chi connectivity index (χ2v) is 3.59. The lowest BCUT2D eigenvalue weighted by molar-refractivity contribution is -0.385. The van der Waals surface area contributed by atoms with Crippen LogP contribution in [0.25, 0.3) is 0 Å². The van der Waals surface area contributed by atoms with Gasteiger partial charge in [0.15, 0.2) is 5.75 Å². The Morgan fingerprint density at radius 3 is 2.72 bits per heavy atom. The van der Waals surface area contributed by atoms with E-state index in [1.165, 1.54) is 13.2 Å². The van der Waals surface area contributed by atoms with Crippen LogP contribution >= 0.6 is 0 Å². The van der Waals surface area contributed by atoms with Crippen molar-refractivity contribution >= 4 is 11.7 Å². The minimum Gasteiger partial charge on any atom is -0.486 e. The van der Waals surface area contributed by atoms with E-state index < -0.39 is 10.9 Å². The third-order valence-electron chi connectivity index (χ3n) is 2.42. The van der Waals surface area contributed by atoms with Crippen LogP contribution in [-0.4, -0.2) is 24.6 Å². The van der Waals surface area contributed by atoms with Crippen LogP contribution in [0, 0.1) is 10.1 Å². The number of rotatable bonds is 6. The maximum Gasteiger partial charge on any atom is 0.311 e. The van der Waals surface area contributed by atoms with Crippen LogP contribution < -0.4 is 4.74 Å². The van der Waals surface area contributed by atoms with E-state index in [9.17, 15) is 14.9 Å². The Balaban J connectivity index is 2.75. The van der Waals surface area contributed by atoms with Gasteiger partial charge in [0.25, 0.3) is 0 Å². The third kappa shape index (κ3) is 3.73. The maximum atomic E-state index is 10.9. The zero-order valence-corrected chi connectivity index (χ0v) is 10.3. The molecule has 0 spiro atoms. The first-order valence-corrected chi connectivity index (χ1v) is 5.55. The van der Waals surface area contributed by atoms with Crippen molar-refractivity contribution in [1.82, 2.24) is 0 Å². The molecule has 0 fully saturated rings. The van der Waals surface area contributed by atoms with Crippen LogP contribution in [0.5, 0.6) is 5.75 Å². The lowest BCUT2D eigenvalue weighted by Crippen LogP contribution is -2.08. The quantitative estimate of drug-likeness (QED) is 0.440. The Hall–Kier alpha value is -2.11. The van der Waals surface area contributed by atoms with Gasteiger partial charge in [0.1, 0.15) is 0 Å². The third-order valence-corrected chi connectivity index (χ3v) is 2.42. The van der Waals surface area contributed by atoms with E-state index in [0.717, 1.165) is 5.56 Å². The average molecular weight is 253 g/mol. The average Bonchev–Trinajstić information content (AvgIpc) is 2.38. The molecular formula is C12H15NO5. The minimum atomic E-state index is -0.493. The van der Waals surface area contributed by atoms with Gasteiger partial charge in [-0.15, -0.1) is 0 Å². The number of aryl methyl sites for hydroxylation is 1. The molecule has 0 amide bonds. The fraction of sp³-hybridized carbons (Fsp3) is 0.417. The Labute approximate surface area is 105 Å². The van der Waals surface area contributed by atoms with Gasteiger partial charge < -0.3 is 9.47 Å². The van der Waals surface area contributed by atoms with E-state index in [1.54, 1.807) is 12.1 Å². The molecular weight excluding hydrogens is 238 g/mol. The highest BCUT2D eigenvalue weighted by atomic mass is 16.6. The van der Waals surface area contributed by atoms with Crippen molar-refractivity contribution in [2.75, 3.05) is 13.7 Å². The van der Waals surface area contributed by atoms with Gasteiger partial charge in [-0.1, -0.05) is 13.0 Å². The summed E-state index contributed by atoms with van der Waals surface area (Å²) in [7, 11) is 1.28. The van der Waals surface area contributed by atoms with E-state index in [1.807, 2.05) is 6.92 Å². The standard InChI is InChI=1S/C12H15NO5/c1-3-9-4-5-11(10(8-9)13(15)16)18-7-6-12(14)17-2/h4-5,8H,3,6-7H2,1-2H3. The lowest BCUT2D eigenvalue weighted by atomic mass is 10.1. The topological polar surface area (TPSA) is 78.7 Å². The maximum absolute atomic E-state index is 10.9. The van der Waals surface area contributed by atoms with E-state index in [-0.39, 0.29) is 24.5 Å². The molecule has 6 heteroatoms. The van der Waals surface area contributed by atoms with Crippen molar-refractivity contribution in [3.63, 3.8) is 0 Å². The van der Waals surface area contributed by atoms with Crippen molar-refractivity contribution in [3.05, 3.63) is 33.9 Å². The summed E-state index contributed by atoms with van der Waals surface area (Å²) < 4.78 is 9.68. The Morgan fingerprint density at radius 1 is 1.44 bits per heavy atom. The molecule has 1 rings (SSSR count). The summed E-state index contributed by atoms with van der Waals surface area (Å²) in [4.78, 5) is 21.3. The summed E-state index contributed by atoms with van der Waals surface area (Å²) in [6.45, 7) is 1.97. The zero-order chi connectivity index (χ0) is 13.5. The van der Waals surface area contributed by atoms with Crippen LogP contribution in [0.3, 0.4) is 0 Å². The summed E-state index contributed by atoms with van der Waals surface area (Å²) in [6, 6.07) is 4.79. The highest BCUT2D eigenvalue weighted by Crippen LogP contribution is 2.28. The number of methoxy groups -OCH3 is 1. The van der Waals surface area contributed by atoms with Crippen LogP contribution in [-0.2, 0) is 16.0 Å². The first-order valence-electron chi connectivity index (χ1n) is 5.55. The second kappa shape index (κ2) is 6.58. The van der Waals surface area contributed by atoms with Crippen molar-refractivity contribution in [1.29, 1.82) is 0 Å². The van der Waals surface area contributed by atoms with Crippen molar-refractivity contribution in [3.8, 4) is 5.75 Å². The predicted octanol–water partition coefficient (Wildman–Crippen LogP) is 2.10. The zero-order valence-electron chi connectivity index (χ0n) is 10.3. The van der Waals surface area contributed by atoms with Crippen molar-refractivity contribution in [2.45, 2.75) is 19.8 Å². The van der Waals surface area contributed by atoms with Gasteiger partial charge in [0.05, 0.1) is 25.1 Å². The lowest BCUT2D eigenvalue weighted by Gasteiger charge is -2.07. The first-order chi connectivity index (χ1) is 8.58. The van der Waals surface area contributed by atoms with Crippen molar-refractivity contribution < 1.29 is 19.2 Å². The van der Waals surface area contributed by atoms with Gasteiger partial charge >= 0.3 is 11.7 Å². The largest absolute Gasteiger partial charge is 0.486 e. The van der Waals surface area contributed by atoms with Gasteiger partial charge in [-0.25, -0.2) is 0 Å². The summed E-state index contributed by atoms with van der Waals surface area (Å²) in [5, 5.41) is 10.9. The number of nitro groups is 1. The van der Waals surface area contributed by atoms with Crippen LogP contribution in [0.2, 0.25) is 0 Å². The number of carbonyl (C=O) groups is 1. The van der Waals surface area contributed by atoms with Gasteiger partial charge in [-0.05, 0) is 18.1 Å². The SMILES string of the molecule is CCc1ccc(OCCC(=O)OC)c([N+](=O)[O-])c1. The van der Waals surface area contributed by atoms with Crippen LogP contribution in [0.15, 0.2) is 18.2 Å². The molecule has 0 atom stereocenters. The molecule has 0 N–H and O–H groups in total. The van der Waals surface area contributed by atoms with E-state index >= 15 is 0 Å². The molecule has 0 aliphatic carbocycles. The monoisotopic (exact) mass is 253 g/mol. The predicted molar refractivity (Wildman–Crippen MR) is 64.6 cm³/mol. The molecule has 1 aromatic rings. The Bertz CT molecular complexity index is 444. The summed E-state index contributed by atoms with van der Waals surface area (Å²) in [5.74, 6) is -0.246. The number of esters is 1. The molecule has 0 aromatic heterocycles. The smallest absolute Gasteiger partial charge is 0.311 e. The van der Waals surface area contributed by atoms with Crippen LogP contribution in [0.4, 0.5) is 5.69 Å². The molecule has 0 unspecified atom stereocenters. The summed E-state index contributed by atoms with van der Waals surface area (Å²) >= 11 is 0. The van der Waals surface area contributed by atoms with Gasteiger partial charge in [-0.2, -0.15) is 0 Å². The number of benzene rings is 1. The van der Waals surface area contributed by atoms with Crippen molar-refractivity contribution in [2.24, 2.45) is 0 Å². The van der Waals surface area contributed by atoms with E-state index in [0.29, 0.717) is 6.42 Å². The molecule has 1 aromatic carbocycles. The summed E-state index contributed by atoms with van der Waals surface area (Å²) in [5.41, 5.74) is 0.779. The Kier molecular flexibility index (Phi) is 5.10. The molecule has 18 heavy (non-hydrogen) atoms. The van der Waals surface area contributed by atoms with Crippen LogP contribution in [0.1, 0.15) is 18.9 Å². The summed E-state index contributed by atoms with van der Waals surface area (Å²) in [6.07, 6.45) is 0.770. The fourth-order valence-corrected chi connectivity index (χ4v) is 1.39. The highest BCUT2D eigenvalue weighted by Gasteiger charge is 2.15. The highest BCUT2D eigenvalue weighted by molar-refractivity contribution is 5.69. The van der Waals surface area contributed by atoms with Gasteiger partial charge in [-0.3, -0.25) is 14.9 Å². The normalized spacial score (nSPS) is 9.89. The number of nitro benzene ring substituents is 1. The number of nitrogens with zero attached hydrogens (tertiary/aromatic N) is 1. The number of ether oxygens (including phenoxy) is 2. The Morgan fingerprint density at radius 2 is 2.17 bits per heavy atom. The van der Waals surface area contributed by atoms with E-state index in [2.05, 4.69) is 4.74 Å². The molecule has 0 aliphatic rings. The number of carbonyl (C=O) groups excluding carboxylic acids is 1. The molecule has 0 radical (unpaired) electrons. The molecule has 0 aliphatic heterocycles. The second-order valence-electron chi connectivity index (χ2n) is 3.59. The fourth-order valence-electron chi connectivity index (χ4n) is 1.39. The number of hydrogen-bond donors (Lipinski definition) is 0. The van der Waals surface area contributed by atoms with Gasteiger partial charge in [0, 0.05) is 6.07 Å². The number of hydrogen-bond acceptors (Lipinski definition) is 5. The first kappa shape index (κ1) is 14.0. The molecule has 0 saturated heterocycles. The van der Waals surface area contributed by atoms with E-state index in [4.69, 9.17) is 4.74 Å². The molecule has 6 nitrogen and oxygen atoms in total. The van der Waals surface area contributed by atoms with Gasteiger partial charge in [0.2, 0.25) is 0 Å². The molecule has 0 heterocycles. The minimum absolute atomic E-state index is 0.0545. The molecule has 0 bridgehead atoms. The molecule has 98 valence electrons. The molecule has 0 saturated carbocycles.